The lowest BCUT2D eigenvalue weighted by molar-refractivity contribution is 0.192. The van der Waals surface area contributed by atoms with Crippen LogP contribution < -0.4 is 28.4 Å². The number of hydrogen-bond acceptors (Lipinski definition) is 6. The fourth-order valence-corrected chi connectivity index (χ4v) is 7.87. The molecule has 0 radical (unpaired) electrons. The van der Waals surface area contributed by atoms with Crippen LogP contribution in [0.4, 0.5) is 0 Å². The van der Waals surface area contributed by atoms with Crippen LogP contribution in [-0.2, 0) is 0 Å². The highest BCUT2D eigenvalue weighted by atomic mass is 16.5. The molecule has 0 heterocycles. The van der Waals surface area contributed by atoms with Crippen LogP contribution >= 0.6 is 0 Å². The molecule has 0 saturated heterocycles. The summed E-state index contributed by atoms with van der Waals surface area (Å²) in [6.45, 7) is 20.5. The quantitative estimate of drug-likeness (QED) is 0.0262. The molecule has 0 aromatic heterocycles. The fraction of sp³-hybridized carbons (Fsp3) is 0.630. The largest absolute Gasteiger partial charge is 0.490 e. The number of ether oxygens (including phenoxy) is 6. The topological polar surface area (TPSA) is 55.4 Å². The van der Waals surface area contributed by atoms with Gasteiger partial charge in [-0.25, -0.2) is 0 Å². The number of allylic oxidation sites excluding steroid dienone is 1. The van der Waals surface area contributed by atoms with Crippen molar-refractivity contribution in [2.75, 3.05) is 33.0 Å². The minimum absolute atomic E-state index is 0.0523. The third kappa shape index (κ3) is 15.6. The Kier molecular flexibility index (Phi) is 23.4. The van der Waals surface area contributed by atoms with Crippen LogP contribution in [0.15, 0.2) is 49.1 Å². The van der Waals surface area contributed by atoms with E-state index >= 15 is 0 Å². The minimum Gasteiger partial charge on any atom is -0.490 e. The average molecular weight is 827 g/mol. The Morgan fingerprint density at radius 1 is 0.383 bits per heavy atom. The SMILES string of the molecule is C=CCCCCCCCC(C)Oc1cc2c3cc(OCCCCC)c(OCCCCC)cc3c3cc(OCCCCC)c(OCCCCC)cc3c2cc1OCCCCC. The fourth-order valence-electron chi connectivity index (χ4n) is 7.87. The van der Waals surface area contributed by atoms with Gasteiger partial charge in [0.2, 0.25) is 0 Å². The summed E-state index contributed by atoms with van der Waals surface area (Å²) in [6, 6.07) is 13.3. The van der Waals surface area contributed by atoms with E-state index < -0.39 is 0 Å². The molecule has 1 atom stereocenters. The maximum Gasteiger partial charge on any atom is 0.162 e. The predicted octanol–water partition coefficient (Wildman–Crippen LogP) is 16.7. The summed E-state index contributed by atoms with van der Waals surface area (Å²) in [4.78, 5) is 0. The van der Waals surface area contributed by atoms with E-state index in [1.165, 1.54) is 25.7 Å². The van der Waals surface area contributed by atoms with Crippen molar-refractivity contribution in [3.63, 3.8) is 0 Å². The van der Waals surface area contributed by atoms with Crippen LogP contribution in [0.3, 0.4) is 0 Å². The molecule has 0 aliphatic heterocycles. The van der Waals surface area contributed by atoms with Gasteiger partial charge in [0.1, 0.15) is 0 Å². The van der Waals surface area contributed by atoms with Gasteiger partial charge < -0.3 is 28.4 Å². The first-order valence-electron chi connectivity index (χ1n) is 24.5. The highest BCUT2D eigenvalue weighted by Gasteiger charge is 2.21. The summed E-state index contributed by atoms with van der Waals surface area (Å²) in [7, 11) is 0. The zero-order valence-corrected chi connectivity index (χ0v) is 38.9. The molecule has 0 bridgehead atoms. The molecule has 4 aromatic carbocycles. The third-order valence-electron chi connectivity index (χ3n) is 11.5. The van der Waals surface area contributed by atoms with Crippen molar-refractivity contribution in [3.05, 3.63) is 49.1 Å². The molecule has 4 aromatic rings. The summed E-state index contributed by atoms with van der Waals surface area (Å²) >= 11 is 0. The van der Waals surface area contributed by atoms with Crippen LogP contribution in [0.25, 0.3) is 32.3 Å². The second-order valence-electron chi connectivity index (χ2n) is 16.9. The van der Waals surface area contributed by atoms with Gasteiger partial charge >= 0.3 is 0 Å². The standard InChI is InChI=1S/C54H82O6/c1-8-14-20-21-22-23-24-30-42(7)60-54-41-48-46-39-52(58-34-28-18-12-5)50(56-32-26-16-10-3)37-44(46)43-36-49(55-31-25-15-9-2)51(57-33-27-17-11-4)38-45(43)47(48)40-53(54)59-35-29-19-13-6/h8,36-42H,1,9-35H2,2-7H3. The molecule has 0 saturated carbocycles. The van der Waals surface area contributed by atoms with Gasteiger partial charge in [0.25, 0.3) is 0 Å². The van der Waals surface area contributed by atoms with Crippen LogP contribution in [0.2, 0.25) is 0 Å². The maximum absolute atomic E-state index is 6.88. The Hall–Kier alpha value is -3.80. The molecule has 334 valence electrons. The van der Waals surface area contributed by atoms with Crippen molar-refractivity contribution in [3.8, 4) is 34.5 Å². The van der Waals surface area contributed by atoms with Crippen molar-refractivity contribution in [2.24, 2.45) is 0 Å². The average Bonchev–Trinajstić information content (AvgIpc) is 3.25. The molecule has 0 aliphatic rings. The Morgan fingerprint density at radius 2 is 0.667 bits per heavy atom. The normalized spacial score (nSPS) is 12.0. The molecule has 0 fully saturated rings. The smallest absolute Gasteiger partial charge is 0.162 e. The Bertz CT molecular complexity index is 1770. The molecule has 6 nitrogen and oxygen atoms in total. The number of unbranched alkanes of at least 4 members (excludes halogenated alkanes) is 15. The predicted molar refractivity (Wildman–Crippen MR) is 257 cm³/mol. The van der Waals surface area contributed by atoms with Crippen LogP contribution in [0, 0.1) is 0 Å². The number of fused-ring (bicyclic) bond motifs is 6. The first kappa shape index (κ1) is 48.9. The Morgan fingerprint density at radius 3 is 0.983 bits per heavy atom. The lowest BCUT2D eigenvalue weighted by atomic mass is 9.93. The minimum atomic E-state index is 0.0523. The molecule has 6 heteroatoms. The monoisotopic (exact) mass is 827 g/mol. The van der Waals surface area contributed by atoms with Crippen molar-refractivity contribution < 1.29 is 28.4 Å². The Labute approximate surface area is 365 Å². The van der Waals surface area contributed by atoms with Gasteiger partial charge in [-0.05, 0) is 133 Å². The van der Waals surface area contributed by atoms with Gasteiger partial charge in [-0.1, -0.05) is 124 Å². The third-order valence-corrected chi connectivity index (χ3v) is 11.5. The first-order chi connectivity index (χ1) is 29.5. The molecule has 1 unspecified atom stereocenters. The molecular formula is C54H82O6. The Balaban J connectivity index is 1.93. The van der Waals surface area contributed by atoms with E-state index in [-0.39, 0.29) is 6.10 Å². The second kappa shape index (κ2) is 28.7. The van der Waals surface area contributed by atoms with E-state index in [9.17, 15) is 0 Å². The summed E-state index contributed by atoms with van der Waals surface area (Å²) in [5.41, 5.74) is 0. The van der Waals surface area contributed by atoms with Crippen LogP contribution in [0.5, 0.6) is 34.5 Å². The highest BCUT2D eigenvalue weighted by molar-refractivity contribution is 6.26. The molecular weight excluding hydrogens is 745 g/mol. The van der Waals surface area contributed by atoms with Gasteiger partial charge in [0.15, 0.2) is 34.5 Å². The molecule has 0 amide bonds. The van der Waals surface area contributed by atoms with E-state index in [1.54, 1.807) is 0 Å². The maximum atomic E-state index is 6.88. The molecule has 0 spiro atoms. The van der Waals surface area contributed by atoms with Crippen molar-refractivity contribution in [2.45, 2.75) is 189 Å². The zero-order chi connectivity index (χ0) is 42.8. The summed E-state index contributed by atoms with van der Waals surface area (Å²) in [5.74, 6) is 4.79. The highest BCUT2D eigenvalue weighted by Crippen LogP contribution is 2.47. The lowest BCUT2D eigenvalue weighted by Gasteiger charge is -2.22. The molecule has 0 N–H and O–H groups in total. The van der Waals surface area contributed by atoms with Gasteiger partial charge in [-0.2, -0.15) is 0 Å². The second-order valence-corrected chi connectivity index (χ2v) is 16.9. The number of rotatable bonds is 35. The molecule has 60 heavy (non-hydrogen) atoms. The van der Waals surface area contributed by atoms with Crippen LogP contribution in [0.1, 0.15) is 183 Å². The van der Waals surface area contributed by atoms with Crippen molar-refractivity contribution in [1.82, 2.24) is 0 Å². The van der Waals surface area contributed by atoms with Crippen LogP contribution in [-0.4, -0.2) is 39.1 Å². The van der Waals surface area contributed by atoms with Crippen molar-refractivity contribution >= 4 is 32.3 Å². The van der Waals surface area contributed by atoms with Gasteiger partial charge in [-0.15, -0.1) is 6.58 Å². The van der Waals surface area contributed by atoms with Gasteiger partial charge in [0, 0.05) is 0 Å². The van der Waals surface area contributed by atoms with Crippen molar-refractivity contribution in [1.29, 1.82) is 0 Å². The zero-order valence-electron chi connectivity index (χ0n) is 38.9. The summed E-state index contributed by atoms with van der Waals surface area (Å²) < 4.78 is 39.9. The van der Waals surface area contributed by atoms with Gasteiger partial charge in [-0.3, -0.25) is 0 Å². The van der Waals surface area contributed by atoms with E-state index in [1.807, 2.05) is 6.08 Å². The number of hydrogen-bond donors (Lipinski definition) is 0. The number of benzene rings is 4. The first-order valence-corrected chi connectivity index (χ1v) is 24.5. The van der Waals surface area contributed by atoms with E-state index in [0.717, 1.165) is 182 Å². The summed E-state index contributed by atoms with van der Waals surface area (Å²) in [5, 5.41) is 6.62. The van der Waals surface area contributed by atoms with E-state index in [2.05, 4.69) is 84.5 Å². The van der Waals surface area contributed by atoms with Gasteiger partial charge in [0.05, 0.1) is 39.1 Å². The molecule has 0 aliphatic carbocycles. The van der Waals surface area contributed by atoms with E-state index in [4.69, 9.17) is 28.4 Å². The lowest BCUT2D eigenvalue weighted by Crippen LogP contribution is -2.13. The van der Waals surface area contributed by atoms with E-state index in [0.29, 0.717) is 33.0 Å². The molecule has 4 rings (SSSR count). The summed E-state index contributed by atoms with van der Waals surface area (Å²) in [6.07, 6.45) is 26.7.